The lowest BCUT2D eigenvalue weighted by Crippen LogP contribution is -2.33. The smallest absolute Gasteiger partial charge is 0.255 e. The van der Waals surface area contributed by atoms with Crippen LogP contribution in [0.3, 0.4) is 0 Å². The van der Waals surface area contributed by atoms with Crippen LogP contribution < -0.4 is 5.32 Å². The van der Waals surface area contributed by atoms with Crippen molar-refractivity contribution in [2.75, 3.05) is 18.4 Å². The SMILES string of the molecule is C[C@H](SCc1ccccc1)C(=O)Nc1ccccc1C(=O)N1CCCCCC1. The summed E-state index contributed by atoms with van der Waals surface area (Å²) in [6.07, 6.45) is 4.46. The van der Waals surface area contributed by atoms with Crippen molar-refractivity contribution in [1.29, 1.82) is 0 Å². The average molecular weight is 397 g/mol. The molecule has 2 aromatic rings. The fourth-order valence-electron chi connectivity index (χ4n) is 3.33. The van der Waals surface area contributed by atoms with E-state index in [1.165, 1.54) is 18.4 Å². The Bertz CT molecular complexity index is 786. The van der Waals surface area contributed by atoms with Gasteiger partial charge in [-0.2, -0.15) is 0 Å². The van der Waals surface area contributed by atoms with E-state index in [0.29, 0.717) is 11.3 Å². The molecule has 148 valence electrons. The van der Waals surface area contributed by atoms with Gasteiger partial charge in [-0.25, -0.2) is 0 Å². The summed E-state index contributed by atoms with van der Waals surface area (Å²) >= 11 is 1.59. The molecule has 1 heterocycles. The van der Waals surface area contributed by atoms with Gasteiger partial charge in [0.1, 0.15) is 0 Å². The van der Waals surface area contributed by atoms with E-state index in [0.717, 1.165) is 31.7 Å². The summed E-state index contributed by atoms with van der Waals surface area (Å²) in [5.74, 6) is 0.725. The summed E-state index contributed by atoms with van der Waals surface area (Å²) in [5.41, 5.74) is 2.39. The molecule has 1 saturated heterocycles. The van der Waals surface area contributed by atoms with Gasteiger partial charge in [0.15, 0.2) is 0 Å². The number of amides is 2. The Morgan fingerprint density at radius 3 is 2.32 bits per heavy atom. The van der Waals surface area contributed by atoms with Crippen molar-refractivity contribution < 1.29 is 9.59 Å². The second-order valence-electron chi connectivity index (χ2n) is 7.18. The van der Waals surface area contributed by atoms with Gasteiger partial charge in [-0.1, -0.05) is 55.3 Å². The van der Waals surface area contributed by atoms with Crippen LogP contribution in [0.15, 0.2) is 54.6 Å². The Morgan fingerprint density at radius 1 is 0.964 bits per heavy atom. The fourth-order valence-corrected chi connectivity index (χ4v) is 4.17. The molecule has 28 heavy (non-hydrogen) atoms. The quantitative estimate of drug-likeness (QED) is 0.750. The minimum Gasteiger partial charge on any atom is -0.339 e. The van der Waals surface area contributed by atoms with Crippen LogP contribution in [0.4, 0.5) is 5.69 Å². The molecule has 0 aromatic heterocycles. The second kappa shape index (κ2) is 10.3. The van der Waals surface area contributed by atoms with E-state index in [2.05, 4.69) is 17.4 Å². The minimum absolute atomic E-state index is 0.0161. The Hall–Kier alpha value is -2.27. The molecule has 1 fully saturated rings. The average Bonchev–Trinajstić information content (AvgIpc) is 3.02. The largest absolute Gasteiger partial charge is 0.339 e. The zero-order valence-corrected chi connectivity index (χ0v) is 17.2. The number of carbonyl (C=O) groups excluding carboxylic acids is 2. The number of para-hydroxylation sites is 1. The molecule has 1 aliphatic rings. The van der Waals surface area contributed by atoms with Crippen molar-refractivity contribution in [3.63, 3.8) is 0 Å². The Labute approximate surface area is 171 Å². The molecule has 0 saturated carbocycles. The van der Waals surface area contributed by atoms with Crippen LogP contribution >= 0.6 is 11.8 Å². The number of hydrogen-bond acceptors (Lipinski definition) is 3. The van der Waals surface area contributed by atoms with E-state index in [-0.39, 0.29) is 17.1 Å². The van der Waals surface area contributed by atoms with Gasteiger partial charge in [0, 0.05) is 18.8 Å². The third kappa shape index (κ3) is 5.61. The van der Waals surface area contributed by atoms with Crippen LogP contribution in [0, 0.1) is 0 Å². The maximum atomic E-state index is 13.0. The highest BCUT2D eigenvalue weighted by atomic mass is 32.2. The Morgan fingerprint density at radius 2 is 1.61 bits per heavy atom. The number of hydrogen-bond donors (Lipinski definition) is 1. The molecule has 1 atom stereocenters. The summed E-state index contributed by atoms with van der Waals surface area (Å²) in [4.78, 5) is 27.6. The lowest BCUT2D eigenvalue weighted by Gasteiger charge is -2.22. The van der Waals surface area contributed by atoms with Gasteiger partial charge in [0.05, 0.1) is 16.5 Å². The first-order chi connectivity index (χ1) is 13.6. The number of benzene rings is 2. The number of nitrogens with zero attached hydrogens (tertiary/aromatic N) is 1. The first kappa shape index (κ1) is 20.5. The Kier molecular flexibility index (Phi) is 7.54. The summed E-state index contributed by atoms with van der Waals surface area (Å²) in [5, 5.41) is 2.77. The first-order valence-corrected chi connectivity index (χ1v) is 11.0. The number of nitrogens with one attached hydrogen (secondary N) is 1. The van der Waals surface area contributed by atoms with Gasteiger partial charge in [-0.05, 0) is 37.5 Å². The van der Waals surface area contributed by atoms with Crippen LogP contribution in [0.5, 0.6) is 0 Å². The maximum absolute atomic E-state index is 13.0. The van der Waals surface area contributed by atoms with Crippen LogP contribution in [0.2, 0.25) is 0 Å². The highest BCUT2D eigenvalue weighted by molar-refractivity contribution is 7.99. The molecule has 3 rings (SSSR count). The third-order valence-corrected chi connectivity index (χ3v) is 6.23. The van der Waals surface area contributed by atoms with Crippen molar-refractivity contribution in [2.45, 2.75) is 43.6 Å². The summed E-state index contributed by atoms with van der Waals surface area (Å²) < 4.78 is 0. The lowest BCUT2D eigenvalue weighted by molar-refractivity contribution is -0.115. The lowest BCUT2D eigenvalue weighted by atomic mass is 10.1. The predicted octanol–water partition coefficient (Wildman–Crippen LogP) is 4.96. The van der Waals surface area contributed by atoms with Gasteiger partial charge >= 0.3 is 0 Å². The molecule has 0 aliphatic carbocycles. The van der Waals surface area contributed by atoms with E-state index in [1.54, 1.807) is 11.8 Å². The molecule has 2 aromatic carbocycles. The maximum Gasteiger partial charge on any atom is 0.255 e. The summed E-state index contributed by atoms with van der Waals surface area (Å²) in [6.45, 7) is 3.50. The minimum atomic E-state index is -0.207. The van der Waals surface area contributed by atoms with Crippen molar-refractivity contribution in [3.8, 4) is 0 Å². The van der Waals surface area contributed by atoms with Crippen molar-refractivity contribution >= 4 is 29.3 Å². The predicted molar refractivity (Wildman–Crippen MR) is 117 cm³/mol. The summed E-state index contributed by atoms with van der Waals surface area (Å²) in [6, 6.07) is 17.5. The van der Waals surface area contributed by atoms with E-state index >= 15 is 0 Å². The van der Waals surface area contributed by atoms with Gasteiger partial charge in [0.25, 0.3) is 5.91 Å². The molecule has 4 nitrogen and oxygen atoms in total. The fraction of sp³-hybridized carbons (Fsp3) is 0.391. The van der Waals surface area contributed by atoms with E-state index < -0.39 is 0 Å². The molecule has 1 aliphatic heterocycles. The van der Waals surface area contributed by atoms with E-state index in [1.807, 2.05) is 54.3 Å². The monoisotopic (exact) mass is 396 g/mol. The van der Waals surface area contributed by atoms with Crippen molar-refractivity contribution in [1.82, 2.24) is 4.90 Å². The highest BCUT2D eigenvalue weighted by Gasteiger charge is 2.22. The number of thioether (sulfide) groups is 1. The zero-order chi connectivity index (χ0) is 19.8. The molecular weight excluding hydrogens is 368 g/mol. The Balaban J connectivity index is 1.63. The molecule has 5 heteroatoms. The molecule has 0 bridgehead atoms. The van der Waals surface area contributed by atoms with Crippen LogP contribution in [0.25, 0.3) is 0 Å². The number of carbonyl (C=O) groups is 2. The highest BCUT2D eigenvalue weighted by Crippen LogP contribution is 2.23. The number of anilines is 1. The number of rotatable bonds is 6. The van der Waals surface area contributed by atoms with Crippen molar-refractivity contribution in [3.05, 3.63) is 65.7 Å². The van der Waals surface area contributed by atoms with Crippen LogP contribution in [-0.2, 0) is 10.5 Å². The topological polar surface area (TPSA) is 49.4 Å². The molecule has 0 radical (unpaired) electrons. The van der Waals surface area contributed by atoms with Crippen molar-refractivity contribution in [2.24, 2.45) is 0 Å². The molecule has 2 amide bonds. The molecule has 1 N–H and O–H groups in total. The van der Waals surface area contributed by atoms with Gasteiger partial charge in [-0.15, -0.1) is 11.8 Å². The molecule has 0 spiro atoms. The normalized spacial score (nSPS) is 15.5. The van der Waals surface area contributed by atoms with Gasteiger partial charge in [0.2, 0.25) is 5.91 Å². The van der Waals surface area contributed by atoms with E-state index in [9.17, 15) is 9.59 Å². The van der Waals surface area contributed by atoms with Gasteiger partial charge in [-0.3, -0.25) is 9.59 Å². The van der Waals surface area contributed by atoms with Crippen LogP contribution in [0.1, 0.15) is 48.5 Å². The standard InChI is InChI=1S/C23H28N2O2S/c1-18(28-17-19-11-5-4-6-12-19)22(26)24-21-14-8-7-13-20(21)23(27)25-15-9-2-3-10-16-25/h4-8,11-14,18H,2-3,9-10,15-17H2,1H3,(H,24,26)/t18-/m0/s1. The number of likely N-dealkylation sites (tertiary alicyclic amines) is 1. The molecule has 0 unspecified atom stereocenters. The van der Waals surface area contributed by atoms with E-state index in [4.69, 9.17) is 0 Å². The molecular formula is C23H28N2O2S. The summed E-state index contributed by atoms with van der Waals surface area (Å²) in [7, 11) is 0. The second-order valence-corrected chi connectivity index (χ2v) is 8.51. The van der Waals surface area contributed by atoms with Gasteiger partial charge < -0.3 is 10.2 Å². The zero-order valence-electron chi connectivity index (χ0n) is 16.4. The van der Waals surface area contributed by atoms with Crippen LogP contribution in [-0.4, -0.2) is 35.1 Å². The third-order valence-electron chi connectivity index (χ3n) is 5.02. The first-order valence-electron chi connectivity index (χ1n) is 10.00.